The number of amidine groups is 3. The number of hydrogen-bond donors (Lipinski definition) is 3. The lowest BCUT2D eigenvalue weighted by atomic mass is 9.81. The number of esters is 1. The lowest BCUT2D eigenvalue weighted by Gasteiger charge is -2.44. The maximum absolute atomic E-state index is 13.5. The first-order valence-corrected chi connectivity index (χ1v) is 34.4. The molecule has 2 fully saturated rings. The Kier molecular flexibility index (Phi) is 19.7. The van der Waals surface area contributed by atoms with E-state index in [9.17, 15) is 28.8 Å². The van der Waals surface area contributed by atoms with Crippen molar-refractivity contribution in [3.8, 4) is 22.8 Å². The molecule has 22 nitrogen and oxygen atoms in total. The number of thioether (sulfide) groups is 3. The highest BCUT2D eigenvalue weighted by molar-refractivity contribution is 8.19. The molecule has 0 aliphatic carbocycles. The van der Waals surface area contributed by atoms with Gasteiger partial charge in [0.25, 0.3) is 17.4 Å². The number of hydrogen-bond acceptors (Lipinski definition) is 22. The van der Waals surface area contributed by atoms with E-state index in [4.69, 9.17) is 45.2 Å². The largest absolute Gasteiger partial charge is 0.497 e. The summed E-state index contributed by atoms with van der Waals surface area (Å²) in [5.41, 5.74) is 3.40. The minimum absolute atomic E-state index is 0.128. The van der Waals surface area contributed by atoms with Crippen LogP contribution in [-0.4, -0.2) is 97.4 Å². The van der Waals surface area contributed by atoms with Crippen LogP contribution in [0.4, 0.5) is 21.3 Å². The molecule has 6 aliphatic heterocycles. The monoisotopic (exact) mass is 1390 g/mol. The van der Waals surface area contributed by atoms with Gasteiger partial charge in [-0.3, -0.25) is 43.8 Å². The van der Waals surface area contributed by atoms with Crippen LogP contribution in [0, 0.1) is 18.3 Å². The molecule has 2 saturated heterocycles. The maximum atomic E-state index is 13.5. The van der Waals surface area contributed by atoms with Crippen molar-refractivity contribution >= 4 is 155 Å². The first kappa shape index (κ1) is 64.8. The van der Waals surface area contributed by atoms with Crippen LogP contribution < -0.4 is 44.8 Å². The smallest absolute Gasteiger partial charge is 0.355 e. The van der Waals surface area contributed by atoms with Crippen molar-refractivity contribution in [2.75, 3.05) is 41.6 Å². The number of nitrogens with one attached hydrogen (secondary N) is 3. The Balaban J connectivity index is 0.000000123. The van der Waals surface area contributed by atoms with Gasteiger partial charge in [-0.05, 0) is 105 Å². The van der Waals surface area contributed by atoms with Crippen molar-refractivity contribution in [3.05, 3.63) is 209 Å². The third-order valence-corrected chi connectivity index (χ3v) is 20.4. The molecule has 0 saturated carbocycles. The predicted octanol–water partition coefficient (Wildman–Crippen LogP) is 11.8. The molecule has 10 heterocycles. The van der Waals surface area contributed by atoms with Crippen LogP contribution in [0.5, 0.6) is 11.5 Å². The molecule has 3 N–H and O–H groups in total. The van der Waals surface area contributed by atoms with E-state index in [1.54, 1.807) is 97.3 Å². The second-order valence-corrected chi connectivity index (χ2v) is 27.0. The van der Waals surface area contributed by atoms with Crippen LogP contribution in [0.3, 0.4) is 0 Å². The van der Waals surface area contributed by atoms with Crippen molar-refractivity contribution in [1.82, 2.24) is 25.3 Å². The Labute approximate surface area is 565 Å². The van der Waals surface area contributed by atoms with Gasteiger partial charge in [0.1, 0.15) is 40.2 Å². The number of aryl methyl sites for hydroxylation is 1. The zero-order valence-corrected chi connectivity index (χ0v) is 55.6. The summed E-state index contributed by atoms with van der Waals surface area (Å²) in [7, 11) is 1.61. The number of anilines is 3. The Hall–Kier alpha value is -9.29. The van der Waals surface area contributed by atoms with Gasteiger partial charge >= 0.3 is 12.0 Å². The summed E-state index contributed by atoms with van der Waals surface area (Å²) in [5, 5.41) is 21.1. The van der Waals surface area contributed by atoms with Gasteiger partial charge in [-0.15, -0.1) is 11.3 Å². The molecule has 5 amide bonds. The highest BCUT2D eigenvalue weighted by atomic mass is 35.5. The van der Waals surface area contributed by atoms with Gasteiger partial charge < -0.3 is 33.8 Å². The molecule has 0 radical (unpaired) electrons. The Morgan fingerprint density at radius 2 is 1.64 bits per heavy atom. The second kappa shape index (κ2) is 28.5. The van der Waals surface area contributed by atoms with Crippen molar-refractivity contribution in [2.45, 2.75) is 42.3 Å². The van der Waals surface area contributed by atoms with Crippen molar-refractivity contribution in [3.63, 3.8) is 0 Å². The fourth-order valence-electron chi connectivity index (χ4n) is 10.4. The van der Waals surface area contributed by atoms with E-state index in [-0.39, 0.29) is 35.1 Å². The number of ether oxygens (including phenoxy) is 3. The third kappa shape index (κ3) is 13.7. The Bertz CT molecular complexity index is 4680. The van der Waals surface area contributed by atoms with Crippen LogP contribution in [0.15, 0.2) is 195 Å². The van der Waals surface area contributed by atoms with Crippen LogP contribution in [0.25, 0.3) is 23.4 Å². The molecule has 6 aliphatic rings. The number of nitrogens with zero attached hydrogens (tertiary/aromatic N) is 8. The van der Waals surface area contributed by atoms with E-state index in [0.29, 0.717) is 74.6 Å². The minimum atomic E-state index is -1.17. The van der Waals surface area contributed by atoms with Gasteiger partial charge in [-0.2, -0.15) is 4.99 Å². The summed E-state index contributed by atoms with van der Waals surface area (Å²) < 4.78 is 29.3. The Morgan fingerprint density at radius 3 is 2.31 bits per heavy atom. The summed E-state index contributed by atoms with van der Waals surface area (Å²) >= 11 is 14.3. The molecule has 0 spiro atoms. The average Bonchev–Trinajstić information content (AvgIpc) is 0.780. The number of thiazole rings is 2. The minimum Gasteiger partial charge on any atom is -0.497 e. The molecule has 94 heavy (non-hydrogen) atoms. The van der Waals surface area contributed by atoms with Crippen LogP contribution >= 0.6 is 81.3 Å². The molecule has 2 bridgehead atoms. The summed E-state index contributed by atoms with van der Waals surface area (Å²) in [6, 6.07) is 40.1. The van der Waals surface area contributed by atoms with E-state index in [1.807, 2.05) is 115 Å². The average molecular weight is 1390 g/mol. The normalized spacial score (nSPS) is 18.9. The number of halogens is 1. The summed E-state index contributed by atoms with van der Waals surface area (Å²) in [5.74, 6) is 1.75. The molecule has 3 atom stereocenters. The molecule has 4 aromatic heterocycles. The fourth-order valence-corrected chi connectivity index (χ4v) is 15.7. The first-order chi connectivity index (χ1) is 45.6. The number of furan rings is 1. The third-order valence-electron chi connectivity index (χ3n) is 14.5. The SMILES string of the molecule is CCOC(=O)C1C2c3ccccc3OC1(C)N=c1sc(=Cc3ccc(OC)cc3)c(=O)n12.Cc1onc(-c2ccccc2Cl)c1C(=O)NC1=NCCS1.N=C1SC(=Cc2ccco2)C(=O)N1c1nccs1.O=C1CSC(=NC(=O)N2c3ccccc3Sc3ccccc32)N1. The van der Waals surface area contributed by atoms with Crippen LogP contribution in [-0.2, 0) is 19.1 Å². The predicted molar refractivity (Wildman–Crippen MR) is 368 cm³/mol. The molecular formula is C65H52ClN11O11S6. The number of benzene rings is 5. The van der Waals surface area contributed by atoms with E-state index < -0.39 is 29.7 Å². The van der Waals surface area contributed by atoms with E-state index in [0.717, 1.165) is 62.1 Å². The summed E-state index contributed by atoms with van der Waals surface area (Å²) in [6.45, 7) is 6.20. The highest BCUT2D eigenvalue weighted by Gasteiger charge is 2.56. The first-order valence-electron chi connectivity index (χ1n) is 28.7. The van der Waals surface area contributed by atoms with Crippen LogP contribution in [0.1, 0.15) is 52.9 Å². The van der Waals surface area contributed by atoms with Crippen molar-refractivity contribution in [2.24, 2.45) is 20.9 Å². The standard InChI is InChI=1S/C24H22N2O5S.C16H11N3O2S2.C14H12ClN3O2S.C11H7N3O2S2/c1-4-30-22(28)19-20-16-7-5-6-8-17(16)31-24(19,2)25-23-26(20)21(27)18(32-23)13-14-9-11-15(29-3)12-10-14;20-14-9-22-15(17-14)18-16(21)19-10-5-1-3-7-12(10)23-13-8-4-2-6-11(13)19;1-8-11(13(19)17-14-16-6-7-21-14)12(18-20-8)9-4-2-3-5-10(9)15;12-10-14(11-13-3-5-17-11)9(15)8(18-10)6-7-2-1-4-16-7/h5-13,19-20H,4H2,1-3H3;1-8H,9H2,(H,17,18,20,21);2-5H,6-7H2,1H3,(H,16,17,19);1-6,12H. The van der Waals surface area contributed by atoms with E-state index in [2.05, 4.69) is 30.8 Å². The molecule has 3 unspecified atom stereocenters. The number of aromatic nitrogens is 3. The van der Waals surface area contributed by atoms with E-state index >= 15 is 0 Å². The molecule has 29 heteroatoms. The van der Waals surface area contributed by atoms with Gasteiger partial charge in [-0.1, -0.05) is 136 Å². The van der Waals surface area contributed by atoms with E-state index in [1.165, 1.54) is 51.1 Å². The fraction of sp³-hybridized carbons (Fsp3) is 0.169. The molecular weight excluding hydrogens is 1340 g/mol. The maximum Gasteiger partial charge on any atom is 0.355 e. The Morgan fingerprint density at radius 1 is 0.904 bits per heavy atom. The molecule has 9 aromatic rings. The number of carbonyl (C=O) groups is 5. The van der Waals surface area contributed by atoms with Gasteiger partial charge in [-0.25, -0.2) is 19.7 Å². The second-order valence-electron chi connectivity index (χ2n) is 20.5. The number of carbonyl (C=O) groups excluding carboxylic acids is 5. The van der Waals surface area contributed by atoms with Crippen molar-refractivity contribution in [1.29, 1.82) is 5.41 Å². The number of methoxy groups -OCH3 is 1. The number of aliphatic imine (C=N–C) groups is 2. The zero-order valence-electron chi connectivity index (χ0n) is 50.0. The van der Waals surface area contributed by atoms with Crippen molar-refractivity contribution < 1.29 is 47.1 Å². The number of urea groups is 1. The van der Waals surface area contributed by atoms with Gasteiger partial charge in [0.15, 0.2) is 25.4 Å². The lowest BCUT2D eigenvalue weighted by molar-refractivity contribution is -0.160. The summed E-state index contributed by atoms with van der Waals surface area (Å²) in [4.78, 5) is 98.1. The topological polar surface area (TPSA) is 279 Å². The quantitative estimate of drug-likeness (QED) is 0.0941. The highest BCUT2D eigenvalue weighted by Crippen LogP contribution is 2.49. The molecule has 5 aromatic carbocycles. The zero-order chi connectivity index (χ0) is 65.6. The number of fused-ring (bicyclic) bond motifs is 8. The lowest BCUT2D eigenvalue weighted by Crippen LogP contribution is -2.58. The number of amides is 5. The van der Waals surface area contributed by atoms with Gasteiger partial charge in [0.2, 0.25) is 11.6 Å². The molecule has 15 rings (SSSR count). The van der Waals surface area contributed by atoms with Gasteiger partial charge in [0.05, 0.1) is 64.2 Å². The number of para-hydroxylation sites is 3. The van der Waals surface area contributed by atoms with Crippen LogP contribution in [0.2, 0.25) is 5.02 Å². The summed E-state index contributed by atoms with van der Waals surface area (Å²) in [6.07, 6.45) is 6.61. The van der Waals surface area contributed by atoms with Gasteiger partial charge in [0, 0.05) is 44.3 Å². The molecule has 476 valence electrons. The number of rotatable bonds is 8.